The fourth-order valence-corrected chi connectivity index (χ4v) is 2.63. The normalized spacial score (nSPS) is 10.1. The van der Waals surface area contributed by atoms with E-state index < -0.39 is 0 Å². The highest BCUT2D eigenvalue weighted by molar-refractivity contribution is 5.90. The van der Waals surface area contributed by atoms with E-state index in [1.807, 2.05) is 52.1 Å². The summed E-state index contributed by atoms with van der Waals surface area (Å²) in [5.41, 5.74) is 2.89. The standard InChI is InChI=1S/C21H21N2O4.ClH/c1-3-26-20(24)16-5-9-18(10-6-16)22-13-14-23(15-22)19-11-7-17(8-12-19)21(25)27-4-2;/h5-15H,3-4H2,1-2H3;1H/q+1;/p-1. The van der Waals surface area contributed by atoms with Gasteiger partial charge in [-0.3, -0.25) is 0 Å². The van der Waals surface area contributed by atoms with Crippen molar-refractivity contribution in [1.29, 1.82) is 0 Å². The first-order valence-corrected chi connectivity index (χ1v) is 8.76. The van der Waals surface area contributed by atoms with Crippen LogP contribution in [0.5, 0.6) is 0 Å². The molecule has 0 spiro atoms. The monoisotopic (exact) mass is 400 g/mol. The molecule has 6 nitrogen and oxygen atoms in total. The van der Waals surface area contributed by atoms with Gasteiger partial charge in [-0.15, -0.1) is 0 Å². The second-order valence-electron chi connectivity index (χ2n) is 5.76. The van der Waals surface area contributed by atoms with Gasteiger partial charge in [0, 0.05) is 0 Å². The first-order valence-electron chi connectivity index (χ1n) is 8.76. The molecule has 1 heterocycles. The zero-order chi connectivity index (χ0) is 19.2. The van der Waals surface area contributed by atoms with Gasteiger partial charge in [0.1, 0.15) is 23.8 Å². The molecule has 0 saturated carbocycles. The zero-order valence-electron chi connectivity index (χ0n) is 15.7. The third kappa shape index (κ3) is 4.78. The number of nitrogens with zero attached hydrogens (tertiary/aromatic N) is 2. The number of aromatic nitrogens is 2. The molecule has 0 atom stereocenters. The second kappa shape index (κ2) is 9.71. The molecule has 0 bridgehead atoms. The van der Waals surface area contributed by atoms with E-state index in [0.717, 1.165) is 11.4 Å². The fraction of sp³-hybridized carbons (Fsp3) is 0.190. The van der Waals surface area contributed by atoms with Gasteiger partial charge in [-0.05, 0) is 62.4 Å². The molecule has 0 aliphatic heterocycles. The van der Waals surface area contributed by atoms with Gasteiger partial charge in [0.2, 0.25) is 0 Å². The van der Waals surface area contributed by atoms with Crippen molar-refractivity contribution in [3.05, 3.63) is 78.4 Å². The van der Waals surface area contributed by atoms with Crippen molar-refractivity contribution in [2.24, 2.45) is 0 Å². The van der Waals surface area contributed by atoms with E-state index in [-0.39, 0.29) is 24.3 Å². The summed E-state index contributed by atoms with van der Waals surface area (Å²) in [5, 5.41) is 0. The van der Waals surface area contributed by atoms with Crippen LogP contribution in [-0.2, 0) is 9.47 Å². The summed E-state index contributed by atoms with van der Waals surface area (Å²) in [7, 11) is 0. The van der Waals surface area contributed by atoms with Crippen LogP contribution in [0, 0.1) is 0 Å². The van der Waals surface area contributed by atoms with Crippen molar-refractivity contribution in [1.82, 2.24) is 4.57 Å². The first-order chi connectivity index (χ1) is 13.1. The minimum absolute atomic E-state index is 0. The summed E-state index contributed by atoms with van der Waals surface area (Å²) in [4.78, 5) is 23.5. The Labute approximate surface area is 169 Å². The molecular formula is C21H21ClN2O4. The van der Waals surface area contributed by atoms with Crippen LogP contribution in [0.3, 0.4) is 0 Å². The Hall–Kier alpha value is -3.12. The third-order valence-corrected chi connectivity index (χ3v) is 3.99. The molecular weight excluding hydrogens is 380 g/mol. The molecule has 0 saturated heterocycles. The van der Waals surface area contributed by atoms with E-state index >= 15 is 0 Å². The maximum absolute atomic E-state index is 11.7. The molecule has 146 valence electrons. The Balaban J connectivity index is 0.00000280. The van der Waals surface area contributed by atoms with E-state index in [9.17, 15) is 9.59 Å². The van der Waals surface area contributed by atoms with Crippen LogP contribution in [0.2, 0.25) is 0 Å². The molecule has 3 rings (SSSR count). The van der Waals surface area contributed by atoms with Crippen LogP contribution < -0.4 is 17.0 Å². The quantitative estimate of drug-likeness (QED) is 0.435. The Bertz CT molecular complexity index is 858. The van der Waals surface area contributed by atoms with Crippen molar-refractivity contribution in [2.75, 3.05) is 13.2 Å². The van der Waals surface area contributed by atoms with Crippen LogP contribution in [0.4, 0.5) is 0 Å². The van der Waals surface area contributed by atoms with E-state index in [4.69, 9.17) is 9.47 Å². The Morgan fingerprint density at radius 2 is 1.36 bits per heavy atom. The average molecular weight is 401 g/mol. The number of carbonyl (C=O) groups is 2. The maximum Gasteiger partial charge on any atom is 0.338 e. The van der Waals surface area contributed by atoms with Crippen LogP contribution in [0.1, 0.15) is 34.6 Å². The van der Waals surface area contributed by atoms with E-state index in [0.29, 0.717) is 24.3 Å². The number of esters is 2. The highest BCUT2D eigenvalue weighted by Gasteiger charge is 2.12. The molecule has 0 unspecified atom stereocenters. The molecule has 0 N–H and O–H groups in total. The van der Waals surface area contributed by atoms with Crippen molar-refractivity contribution in [2.45, 2.75) is 13.8 Å². The number of imidazole rings is 1. The number of halogens is 1. The Morgan fingerprint density at radius 1 is 0.857 bits per heavy atom. The lowest BCUT2D eigenvalue weighted by Crippen LogP contribution is -3.00. The van der Waals surface area contributed by atoms with Crippen LogP contribution in [0.25, 0.3) is 11.4 Å². The van der Waals surface area contributed by atoms with Crippen molar-refractivity contribution < 1.29 is 36.0 Å². The molecule has 3 aromatic rings. The number of hydrogen-bond acceptors (Lipinski definition) is 4. The number of hydrogen-bond donors (Lipinski definition) is 0. The minimum Gasteiger partial charge on any atom is -1.00 e. The highest BCUT2D eigenvalue weighted by Crippen LogP contribution is 2.11. The number of rotatable bonds is 6. The molecule has 0 fully saturated rings. The lowest BCUT2D eigenvalue weighted by atomic mass is 10.2. The first kappa shape index (κ1) is 21.2. The van der Waals surface area contributed by atoms with E-state index in [2.05, 4.69) is 0 Å². The summed E-state index contributed by atoms with van der Waals surface area (Å²) in [6.45, 7) is 4.27. The SMILES string of the molecule is CCOC(=O)c1ccc(-n2cc[n+](-c3ccc(C(=O)OCC)cc3)c2)cc1.[Cl-]. The number of benzene rings is 2. The van der Waals surface area contributed by atoms with Gasteiger partial charge in [0.05, 0.1) is 24.3 Å². The Kier molecular flexibility index (Phi) is 7.35. The van der Waals surface area contributed by atoms with Gasteiger partial charge in [0.15, 0.2) is 0 Å². The summed E-state index contributed by atoms with van der Waals surface area (Å²) in [5.74, 6) is -0.651. The predicted octanol–water partition coefficient (Wildman–Crippen LogP) is 0.111. The predicted molar refractivity (Wildman–Crippen MR) is 99.2 cm³/mol. The van der Waals surface area contributed by atoms with E-state index in [1.54, 1.807) is 38.1 Å². The Morgan fingerprint density at radius 3 is 1.86 bits per heavy atom. The van der Waals surface area contributed by atoms with Crippen molar-refractivity contribution >= 4 is 11.9 Å². The summed E-state index contributed by atoms with van der Waals surface area (Å²) < 4.78 is 13.9. The van der Waals surface area contributed by atoms with Gasteiger partial charge in [-0.1, -0.05) is 0 Å². The van der Waals surface area contributed by atoms with E-state index in [1.165, 1.54) is 0 Å². The highest BCUT2D eigenvalue weighted by atomic mass is 35.5. The van der Waals surface area contributed by atoms with Gasteiger partial charge in [-0.2, -0.15) is 0 Å². The largest absolute Gasteiger partial charge is 1.00 e. The van der Waals surface area contributed by atoms with Crippen molar-refractivity contribution in [3.63, 3.8) is 0 Å². The lowest BCUT2D eigenvalue weighted by Gasteiger charge is -2.02. The summed E-state index contributed by atoms with van der Waals surface area (Å²) in [6, 6.07) is 14.4. The molecule has 0 aliphatic rings. The maximum atomic E-state index is 11.7. The van der Waals surface area contributed by atoms with Gasteiger partial charge < -0.3 is 21.9 Å². The third-order valence-electron chi connectivity index (χ3n) is 3.99. The molecule has 0 amide bonds. The number of ether oxygens (including phenoxy) is 2. The molecule has 0 radical (unpaired) electrons. The topological polar surface area (TPSA) is 61.4 Å². The smallest absolute Gasteiger partial charge is 0.338 e. The summed E-state index contributed by atoms with van der Waals surface area (Å²) >= 11 is 0. The molecule has 1 aromatic heterocycles. The lowest BCUT2D eigenvalue weighted by molar-refractivity contribution is -0.594. The van der Waals surface area contributed by atoms with Crippen LogP contribution in [0.15, 0.2) is 67.3 Å². The molecule has 7 heteroatoms. The molecule has 2 aromatic carbocycles. The van der Waals surface area contributed by atoms with Gasteiger partial charge in [0.25, 0.3) is 6.33 Å². The summed E-state index contributed by atoms with van der Waals surface area (Å²) in [6.07, 6.45) is 5.75. The minimum atomic E-state index is -0.326. The van der Waals surface area contributed by atoms with Gasteiger partial charge >= 0.3 is 11.9 Å². The fourth-order valence-electron chi connectivity index (χ4n) is 2.63. The van der Waals surface area contributed by atoms with Crippen LogP contribution in [-0.4, -0.2) is 29.7 Å². The molecule has 0 aliphatic carbocycles. The van der Waals surface area contributed by atoms with Crippen LogP contribution >= 0.6 is 0 Å². The molecule has 28 heavy (non-hydrogen) atoms. The van der Waals surface area contributed by atoms with Gasteiger partial charge in [-0.25, -0.2) is 18.7 Å². The zero-order valence-corrected chi connectivity index (χ0v) is 16.4. The van der Waals surface area contributed by atoms with Crippen molar-refractivity contribution in [3.8, 4) is 11.4 Å². The second-order valence-corrected chi connectivity index (χ2v) is 5.76. The number of carbonyl (C=O) groups excluding carboxylic acids is 2. The average Bonchev–Trinajstić information content (AvgIpc) is 3.19.